The molecule has 0 aliphatic carbocycles. The zero-order valence-corrected chi connectivity index (χ0v) is 14.0. The lowest BCUT2D eigenvalue weighted by Crippen LogP contribution is -2.52. The monoisotopic (exact) mass is 274 g/mol. The van der Waals surface area contributed by atoms with E-state index in [1.165, 1.54) is 0 Å². The smallest absolute Gasteiger partial charge is 0.308 e. The molecule has 0 aromatic rings. The highest BCUT2D eigenvalue weighted by Gasteiger charge is 2.45. The van der Waals surface area contributed by atoms with Crippen LogP contribution in [0.1, 0.15) is 20.3 Å². The molecule has 100 valence electrons. The van der Waals surface area contributed by atoms with E-state index in [0.29, 0.717) is 0 Å². The summed E-state index contributed by atoms with van der Waals surface area (Å²) in [7, 11) is -3.30. The SMILES string of the molecule is CCC(C)OC(=O)C1C[Si](C)(C)O[Si](C)(C)C1. The molecule has 1 rings (SSSR count). The minimum Gasteiger partial charge on any atom is -0.462 e. The Kier molecular flexibility index (Phi) is 4.60. The van der Waals surface area contributed by atoms with Gasteiger partial charge < -0.3 is 8.85 Å². The van der Waals surface area contributed by atoms with Crippen LogP contribution >= 0.6 is 0 Å². The summed E-state index contributed by atoms with van der Waals surface area (Å²) in [6.45, 7) is 12.9. The van der Waals surface area contributed by atoms with E-state index in [2.05, 4.69) is 26.2 Å². The van der Waals surface area contributed by atoms with Gasteiger partial charge >= 0.3 is 5.97 Å². The molecule has 1 heterocycles. The molecule has 3 nitrogen and oxygen atoms in total. The zero-order valence-electron chi connectivity index (χ0n) is 12.0. The van der Waals surface area contributed by atoms with Gasteiger partial charge in [0.05, 0.1) is 12.0 Å². The Balaban J connectivity index is 2.67. The number of hydrogen-bond donors (Lipinski definition) is 0. The Labute approximate surface area is 107 Å². The van der Waals surface area contributed by atoms with Crippen molar-refractivity contribution in [1.82, 2.24) is 0 Å². The summed E-state index contributed by atoms with van der Waals surface area (Å²) in [4.78, 5) is 12.1. The van der Waals surface area contributed by atoms with Crippen LogP contribution in [0.4, 0.5) is 0 Å². The third kappa shape index (κ3) is 4.56. The van der Waals surface area contributed by atoms with Crippen LogP contribution in [0.25, 0.3) is 0 Å². The Morgan fingerprint density at radius 2 is 1.76 bits per heavy atom. The first kappa shape index (κ1) is 14.9. The highest BCUT2D eigenvalue weighted by atomic mass is 28.4. The number of ether oxygens (including phenoxy) is 1. The third-order valence-corrected chi connectivity index (χ3v) is 10.6. The van der Waals surface area contributed by atoms with Crippen molar-refractivity contribution >= 4 is 22.6 Å². The van der Waals surface area contributed by atoms with Gasteiger partial charge in [-0.2, -0.15) is 0 Å². The van der Waals surface area contributed by atoms with E-state index >= 15 is 0 Å². The molecule has 1 aliphatic heterocycles. The predicted molar refractivity (Wildman–Crippen MR) is 75.0 cm³/mol. The third-order valence-electron chi connectivity index (χ3n) is 3.25. The van der Waals surface area contributed by atoms with Crippen molar-refractivity contribution in [2.45, 2.75) is 64.6 Å². The van der Waals surface area contributed by atoms with Crippen LogP contribution in [0.5, 0.6) is 0 Å². The molecule has 1 aliphatic rings. The van der Waals surface area contributed by atoms with E-state index in [0.717, 1.165) is 18.5 Å². The predicted octanol–water partition coefficient (Wildman–Crippen LogP) is 3.38. The number of esters is 1. The molecule has 1 unspecified atom stereocenters. The lowest BCUT2D eigenvalue weighted by Gasteiger charge is -2.42. The summed E-state index contributed by atoms with van der Waals surface area (Å²) >= 11 is 0. The Morgan fingerprint density at radius 3 is 2.18 bits per heavy atom. The molecular weight excluding hydrogens is 248 g/mol. The van der Waals surface area contributed by atoms with Gasteiger partial charge in [0.2, 0.25) is 0 Å². The number of hydrogen-bond acceptors (Lipinski definition) is 3. The van der Waals surface area contributed by atoms with Gasteiger partial charge in [-0.1, -0.05) is 6.92 Å². The van der Waals surface area contributed by atoms with Crippen LogP contribution in [-0.2, 0) is 13.6 Å². The largest absolute Gasteiger partial charge is 0.462 e. The van der Waals surface area contributed by atoms with E-state index in [9.17, 15) is 4.79 Å². The van der Waals surface area contributed by atoms with Crippen molar-refractivity contribution in [3.05, 3.63) is 0 Å². The average Bonchev–Trinajstić information content (AvgIpc) is 2.12. The van der Waals surface area contributed by atoms with Gasteiger partial charge in [0.1, 0.15) is 0 Å². The fraction of sp³-hybridized carbons (Fsp3) is 0.917. The molecular formula is C12H26O3Si2. The molecule has 0 aromatic carbocycles. The normalized spacial score (nSPS) is 25.3. The van der Waals surface area contributed by atoms with Crippen molar-refractivity contribution in [2.75, 3.05) is 0 Å². The van der Waals surface area contributed by atoms with Gasteiger partial charge in [0, 0.05) is 0 Å². The first-order valence-corrected chi connectivity index (χ1v) is 12.8. The van der Waals surface area contributed by atoms with Gasteiger partial charge in [0.15, 0.2) is 16.6 Å². The standard InChI is InChI=1S/C12H26O3Si2/c1-7-10(2)14-12(13)11-8-16(3,4)15-17(5,6)9-11/h10-11H,7-9H2,1-6H3. The van der Waals surface area contributed by atoms with Crippen LogP contribution in [-0.4, -0.2) is 28.7 Å². The van der Waals surface area contributed by atoms with E-state index in [1.54, 1.807) is 0 Å². The quantitative estimate of drug-likeness (QED) is 0.584. The number of rotatable bonds is 3. The minimum atomic E-state index is -1.65. The molecule has 17 heavy (non-hydrogen) atoms. The first-order valence-electron chi connectivity index (χ1n) is 6.56. The molecule has 0 spiro atoms. The fourth-order valence-electron chi connectivity index (χ4n) is 2.63. The molecule has 0 bridgehead atoms. The molecule has 0 amide bonds. The Morgan fingerprint density at radius 1 is 1.29 bits per heavy atom. The minimum absolute atomic E-state index is 0.00352. The van der Waals surface area contributed by atoms with Gasteiger partial charge in [0.25, 0.3) is 0 Å². The topological polar surface area (TPSA) is 35.5 Å². The highest BCUT2D eigenvalue weighted by molar-refractivity contribution is 6.86. The summed E-state index contributed by atoms with van der Waals surface area (Å²) in [5.74, 6) is 0.0879. The fourth-order valence-corrected chi connectivity index (χ4v) is 12.6. The van der Waals surface area contributed by atoms with Crippen LogP contribution in [0.2, 0.25) is 38.3 Å². The lowest BCUT2D eigenvalue weighted by molar-refractivity contribution is -0.152. The van der Waals surface area contributed by atoms with Gasteiger partial charge in [-0.25, -0.2) is 0 Å². The van der Waals surface area contributed by atoms with Gasteiger partial charge in [-0.3, -0.25) is 4.79 Å². The van der Waals surface area contributed by atoms with Crippen LogP contribution in [0.15, 0.2) is 0 Å². The second-order valence-corrected chi connectivity index (χ2v) is 15.1. The van der Waals surface area contributed by atoms with E-state index < -0.39 is 16.6 Å². The van der Waals surface area contributed by atoms with Crippen molar-refractivity contribution < 1.29 is 13.6 Å². The maximum atomic E-state index is 12.1. The summed E-state index contributed by atoms with van der Waals surface area (Å²) < 4.78 is 11.7. The van der Waals surface area contributed by atoms with Crippen LogP contribution in [0.3, 0.4) is 0 Å². The maximum absolute atomic E-state index is 12.1. The summed E-state index contributed by atoms with van der Waals surface area (Å²) in [6, 6.07) is 1.83. The molecule has 5 heteroatoms. The molecule has 1 atom stereocenters. The summed E-state index contributed by atoms with van der Waals surface area (Å²) in [5.41, 5.74) is 0. The Bertz CT molecular complexity index is 273. The Hall–Kier alpha value is -0.136. The second-order valence-electron chi connectivity index (χ2n) is 6.38. The van der Waals surface area contributed by atoms with Crippen molar-refractivity contribution in [2.24, 2.45) is 5.92 Å². The van der Waals surface area contributed by atoms with E-state index in [1.807, 2.05) is 13.8 Å². The summed E-state index contributed by atoms with van der Waals surface area (Å²) in [6.07, 6.45) is 0.927. The van der Waals surface area contributed by atoms with Gasteiger partial charge in [-0.15, -0.1) is 0 Å². The lowest BCUT2D eigenvalue weighted by atomic mass is 10.2. The molecule has 0 saturated carbocycles. The maximum Gasteiger partial charge on any atom is 0.308 e. The van der Waals surface area contributed by atoms with Gasteiger partial charge in [-0.05, 0) is 51.6 Å². The molecule has 0 radical (unpaired) electrons. The number of carbonyl (C=O) groups excluding carboxylic acids is 1. The molecule has 0 N–H and O–H groups in total. The van der Waals surface area contributed by atoms with E-state index in [4.69, 9.17) is 8.85 Å². The molecule has 1 fully saturated rings. The second kappa shape index (κ2) is 5.24. The first-order chi connectivity index (χ1) is 7.65. The number of carbonyl (C=O) groups is 1. The zero-order chi connectivity index (χ0) is 13.3. The van der Waals surface area contributed by atoms with Crippen LogP contribution in [0, 0.1) is 5.92 Å². The highest BCUT2D eigenvalue weighted by Crippen LogP contribution is 2.36. The molecule has 1 saturated heterocycles. The summed E-state index contributed by atoms with van der Waals surface area (Å²) in [5, 5.41) is 0. The van der Waals surface area contributed by atoms with Crippen molar-refractivity contribution in [3.63, 3.8) is 0 Å². The molecule has 0 aromatic heterocycles. The van der Waals surface area contributed by atoms with E-state index in [-0.39, 0.29) is 18.0 Å². The van der Waals surface area contributed by atoms with Crippen molar-refractivity contribution in [1.29, 1.82) is 0 Å². The average molecular weight is 275 g/mol. The van der Waals surface area contributed by atoms with Crippen molar-refractivity contribution in [3.8, 4) is 0 Å². The van der Waals surface area contributed by atoms with Crippen LogP contribution < -0.4 is 0 Å².